The second-order valence-electron chi connectivity index (χ2n) is 16.3. The van der Waals surface area contributed by atoms with Crippen LogP contribution >= 0.6 is 46.2 Å². The molecule has 2 aromatic rings. The van der Waals surface area contributed by atoms with E-state index in [0.29, 0.717) is 11.1 Å². The number of methoxy groups -OCH3 is 2. The van der Waals surface area contributed by atoms with Crippen LogP contribution in [0, 0.1) is 0 Å². The molecule has 6 amide bonds. The number of esters is 2. The van der Waals surface area contributed by atoms with E-state index in [1.54, 1.807) is 27.7 Å². The van der Waals surface area contributed by atoms with Gasteiger partial charge in [-0.25, -0.2) is 33.9 Å². The lowest BCUT2D eigenvalue weighted by Gasteiger charge is -2.49. The Labute approximate surface area is 438 Å². The highest BCUT2D eigenvalue weighted by atomic mass is 32.2. The highest BCUT2D eigenvalue weighted by Gasteiger charge is 2.56. The number of hydrogen-bond donors (Lipinski definition) is 4. The quantitative estimate of drug-likeness (QED) is 0.0265. The Bertz CT molecular complexity index is 2670. The number of rotatable bonds is 21. The first-order valence-electron chi connectivity index (χ1n) is 22.0. The number of thioether (sulfide) groups is 2. The molecule has 0 aromatic carbocycles. The van der Waals surface area contributed by atoms with Crippen molar-refractivity contribution in [2.75, 3.05) is 56.7 Å². The van der Waals surface area contributed by atoms with E-state index in [4.69, 9.17) is 42.7 Å². The Morgan fingerprint density at radius 2 is 1.09 bits per heavy atom. The molecular formula is C43H51N9O18S4. The zero-order chi connectivity index (χ0) is 54.1. The van der Waals surface area contributed by atoms with Gasteiger partial charge in [-0.15, -0.1) is 46.2 Å². The number of hydrogen-bond acceptors (Lipinski definition) is 25. The van der Waals surface area contributed by atoms with E-state index in [-0.39, 0.29) is 69.0 Å². The van der Waals surface area contributed by atoms with Gasteiger partial charge in [-0.3, -0.25) is 39.6 Å². The van der Waals surface area contributed by atoms with Crippen molar-refractivity contribution in [1.82, 2.24) is 30.4 Å². The molecule has 2 fully saturated rings. The molecule has 400 valence electrons. The third-order valence-electron chi connectivity index (χ3n) is 10.1. The standard InChI is InChI=1S/C43H51N9O18S4/c1-17(2)65-42(60)69-20(6)67-37(57)29-22(11-62-8)13-71-35-27(33(55)51(29)35)46-31(53)19(5)24-15-73-40(44-24)48-39(59)49-41-45-25(16-74-41)26(50-64-10)32(54)47-28-34(56)52-30(23(12-63-9)14-72-36(28)52)38(58)68-21(7)70-43(61)66-18(3)4/h15-18,20-21,27-28,35-36H,5,11-14H2,1-4,6-10H3,(H,46,53)(H,47,54)(H2,44,45,48,49,59)/b50-26-/t20?,21?,27?,28-,35?,36-/m1/s1. The number of aromatic nitrogens is 2. The number of oxime groups is 1. The number of thiazole rings is 2. The first kappa shape index (κ1) is 56.5. The Hall–Kier alpha value is -6.80. The monoisotopic (exact) mass is 1110 g/mol. The maximum atomic E-state index is 13.6. The van der Waals surface area contributed by atoms with E-state index in [2.05, 4.69) is 43.0 Å². The number of nitrogens with zero attached hydrogens (tertiary/aromatic N) is 5. The Morgan fingerprint density at radius 1 is 0.662 bits per heavy atom. The molecular weight excluding hydrogens is 1060 g/mol. The van der Waals surface area contributed by atoms with Crippen molar-refractivity contribution < 1.29 is 85.9 Å². The average Bonchev–Trinajstić information content (AvgIpc) is 3.99. The molecule has 4 aliphatic heterocycles. The minimum Gasteiger partial charge on any atom is -0.431 e. The van der Waals surface area contributed by atoms with Gasteiger partial charge < -0.3 is 53.4 Å². The van der Waals surface area contributed by atoms with Crippen molar-refractivity contribution in [3.8, 4) is 0 Å². The van der Waals surface area contributed by atoms with Gasteiger partial charge in [0.25, 0.3) is 23.6 Å². The molecule has 6 rings (SSSR count). The Kier molecular flexibility index (Phi) is 19.0. The molecule has 2 aromatic heterocycles. The van der Waals surface area contributed by atoms with Gasteiger partial charge in [0.2, 0.25) is 12.6 Å². The minimum absolute atomic E-state index is 0.00706. The van der Waals surface area contributed by atoms with E-state index in [0.717, 1.165) is 27.6 Å². The molecule has 4 aliphatic rings. The van der Waals surface area contributed by atoms with Gasteiger partial charge in [0.05, 0.1) is 36.7 Å². The molecule has 74 heavy (non-hydrogen) atoms. The van der Waals surface area contributed by atoms with Crippen molar-refractivity contribution in [2.24, 2.45) is 5.16 Å². The maximum Gasteiger partial charge on any atom is 0.511 e. The molecule has 0 spiro atoms. The molecule has 27 nitrogen and oxygen atoms in total. The van der Waals surface area contributed by atoms with Crippen molar-refractivity contribution in [2.45, 2.75) is 89.2 Å². The number of nitrogens with one attached hydrogen (secondary N) is 4. The van der Waals surface area contributed by atoms with Gasteiger partial charge in [-0.1, -0.05) is 11.7 Å². The van der Waals surface area contributed by atoms with Crippen LogP contribution in [0.4, 0.5) is 24.6 Å². The van der Waals surface area contributed by atoms with Crippen molar-refractivity contribution >= 4 is 122 Å². The normalized spacial score (nSPS) is 20.0. The zero-order valence-corrected chi connectivity index (χ0v) is 44.3. The molecule has 6 heterocycles. The number of carbonyl (C=O) groups is 9. The van der Waals surface area contributed by atoms with Gasteiger partial charge in [-0.2, -0.15) is 0 Å². The van der Waals surface area contributed by atoms with Gasteiger partial charge in [0.15, 0.2) is 16.0 Å². The molecule has 6 atom stereocenters. The predicted molar refractivity (Wildman–Crippen MR) is 264 cm³/mol. The fourth-order valence-electron chi connectivity index (χ4n) is 7.07. The summed E-state index contributed by atoms with van der Waals surface area (Å²) in [6.45, 7) is 12.8. The summed E-state index contributed by atoms with van der Waals surface area (Å²) in [5, 5.41) is 15.5. The largest absolute Gasteiger partial charge is 0.511 e. The topological polar surface area (TPSA) is 329 Å². The predicted octanol–water partition coefficient (Wildman–Crippen LogP) is 3.11. The molecule has 0 saturated carbocycles. The summed E-state index contributed by atoms with van der Waals surface area (Å²) < 4.78 is 40.9. The van der Waals surface area contributed by atoms with E-state index in [1.165, 1.54) is 74.4 Å². The number of anilines is 2. The first-order valence-corrected chi connectivity index (χ1v) is 25.9. The van der Waals surface area contributed by atoms with Gasteiger partial charge in [0.1, 0.15) is 47.0 Å². The smallest absolute Gasteiger partial charge is 0.431 e. The van der Waals surface area contributed by atoms with Crippen LogP contribution in [-0.2, 0) is 71.5 Å². The molecule has 4 N–H and O–H groups in total. The fraction of sp³-hybridized carbons (Fsp3) is 0.488. The second-order valence-corrected chi connectivity index (χ2v) is 20.2. The SMILES string of the molecule is C=C(C(=O)NC1C(=O)N2C(C(=O)OC(C)OC(=O)OC(C)C)=C(COC)CSC12)c1csc(NC(=O)Nc2nc(/C(=N/OC)C(=O)N[C@@H]3C(=O)N4C(C(=O)OC(C)OC(=O)OC(C)C)=C(COC)CS[C@H]34)cs2)n1. The van der Waals surface area contributed by atoms with Crippen molar-refractivity contribution in [1.29, 1.82) is 0 Å². The summed E-state index contributed by atoms with van der Waals surface area (Å²) in [5.74, 6) is -4.37. The lowest BCUT2D eigenvalue weighted by Crippen LogP contribution is -2.71. The van der Waals surface area contributed by atoms with Crippen LogP contribution in [-0.4, -0.2) is 173 Å². The summed E-state index contributed by atoms with van der Waals surface area (Å²) >= 11 is 4.40. The number of carbonyl (C=O) groups excluding carboxylic acids is 9. The fourth-order valence-corrected chi connectivity index (χ4v) is 11.1. The van der Waals surface area contributed by atoms with Gasteiger partial charge in [-0.05, 0) is 38.8 Å². The first-order chi connectivity index (χ1) is 35.1. The Morgan fingerprint density at radius 3 is 1.53 bits per heavy atom. The number of urea groups is 1. The Balaban J connectivity index is 1.01. The third-order valence-corrected chi connectivity index (χ3v) is 14.3. The van der Waals surface area contributed by atoms with E-state index in [1.807, 2.05) is 0 Å². The minimum atomic E-state index is -1.37. The van der Waals surface area contributed by atoms with Gasteiger partial charge in [0, 0.05) is 50.3 Å². The number of amides is 6. The van der Waals surface area contributed by atoms with E-state index < -0.39 is 102 Å². The summed E-state index contributed by atoms with van der Waals surface area (Å²) in [5.41, 5.74) is 0.186. The molecule has 31 heteroatoms. The van der Waals surface area contributed by atoms with Crippen molar-refractivity contribution in [3.05, 3.63) is 51.3 Å². The van der Waals surface area contributed by atoms with Crippen LogP contribution in [0.3, 0.4) is 0 Å². The number of β-lactam (4-membered cyclic amide) rings is 2. The molecule has 0 radical (unpaired) electrons. The maximum absolute atomic E-state index is 13.6. The zero-order valence-electron chi connectivity index (χ0n) is 41.0. The molecule has 2 saturated heterocycles. The summed E-state index contributed by atoms with van der Waals surface area (Å²) in [6.07, 6.45) is -5.81. The lowest BCUT2D eigenvalue weighted by molar-refractivity contribution is -0.170. The summed E-state index contributed by atoms with van der Waals surface area (Å²) in [4.78, 5) is 134. The highest BCUT2D eigenvalue weighted by Crippen LogP contribution is 2.42. The van der Waals surface area contributed by atoms with Crippen LogP contribution in [0.5, 0.6) is 0 Å². The van der Waals surface area contributed by atoms with Crippen molar-refractivity contribution in [3.63, 3.8) is 0 Å². The third kappa shape index (κ3) is 13.3. The van der Waals surface area contributed by atoms with Crippen LogP contribution in [0.2, 0.25) is 0 Å². The summed E-state index contributed by atoms with van der Waals surface area (Å²) in [6, 6.07) is -3.01. The molecule has 0 bridgehead atoms. The van der Waals surface area contributed by atoms with Crippen LogP contribution in [0.25, 0.3) is 5.57 Å². The second kappa shape index (κ2) is 25.0. The molecule has 4 unspecified atom stereocenters. The average molecular weight is 1110 g/mol. The van der Waals surface area contributed by atoms with E-state index in [9.17, 15) is 43.2 Å². The lowest BCUT2D eigenvalue weighted by atomic mass is 10.0. The molecule has 0 aliphatic carbocycles. The van der Waals surface area contributed by atoms with E-state index >= 15 is 0 Å². The highest BCUT2D eigenvalue weighted by molar-refractivity contribution is 8.00. The number of fused-ring (bicyclic) bond motifs is 2. The van der Waals surface area contributed by atoms with Crippen LogP contribution in [0.15, 0.2) is 45.0 Å². The summed E-state index contributed by atoms with van der Waals surface area (Å²) in [7, 11) is 4.01. The number of ether oxygens (including phenoxy) is 8. The van der Waals surface area contributed by atoms with Crippen LogP contribution in [0.1, 0.15) is 52.9 Å². The van der Waals surface area contributed by atoms with Gasteiger partial charge >= 0.3 is 30.3 Å². The van der Waals surface area contributed by atoms with Crippen LogP contribution < -0.4 is 21.3 Å².